The van der Waals surface area contributed by atoms with Crippen LogP contribution in [0.3, 0.4) is 0 Å². The van der Waals surface area contributed by atoms with Crippen LogP contribution >= 0.6 is 0 Å². The molecule has 6 heteroatoms. The summed E-state index contributed by atoms with van der Waals surface area (Å²) in [7, 11) is 5.98. The Balaban J connectivity index is 1.89. The maximum atomic E-state index is 12.4. The highest BCUT2D eigenvalue weighted by Crippen LogP contribution is 2.26. The molecule has 6 nitrogen and oxygen atoms in total. The fourth-order valence-electron chi connectivity index (χ4n) is 3.12. The number of para-hydroxylation sites is 2. The molecule has 0 bridgehead atoms. The third kappa shape index (κ3) is 5.34. The first kappa shape index (κ1) is 19.5. The van der Waals surface area contributed by atoms with E-state index in [-0.39, 0.29) is 11.4 Å². The van der Waals surface area contributed by atoms with Crippen LogP contribution < -0.4 is 15.1 Å². The SMILES string of the molecule is CN(C)c1ccccc1N(C)CC(=O)NCC(C)(C)N1CCOCC1. The lowest BCUT2D eigenvalue weighted by molar-refractivity contribution is -0.120. The monoisotopic (exact) mass is 348 g/mol. The average molecular weight is 348 g/mol. The predicted octanol–water partition coefficient (Wildman–Crippen LogP) is 1.42. The van der Waals surface area contributed by atoms with Gasteiger partial charge < -0.3 is 19.9 Å². The summed E-state index contributed by atoms with van der Waals surface area (Å²) in [5.74, 6) is 0.0393. The van der Waals surface area contributed by atoms with E-state index >= 15 is 0 Å². The summed E-state index contributed by atoms with van der Waals surface area (Å²) in [4.78, 5) is 18.9. The topological polar surface area (TPSA) is 48.0 Å². The number of anilines is 2. The highest BCUT2D eigenvalue weighted by molar-refractivity contribution is 5.83. The Hall–Kier alpha value is -1.79. The van der Waals surface area contributed by atoms with Crippen molar-refractivity contribution in [3.63, 3.8) is 0 Å². The Labute approximate surface area is 151 Å². The summed E-state index contributed by atoms with van der Waals surface area (Å²) < 4.78 is 5.41. The van der Waals surface area contributed by atoms with Crippen molar-refractivity contribution in [2.75, 3.05) is 70.3 Å². The van der Waals surface area contributed by atoms with Crippen LogP contribution in [0.4, 0.5) is 11.4 Å². The number of carbonyl (C=O) groups is 1. The molecule has 0 radical (unpaired) electrons. The minimum Gasteiger partial charge on any atom is -0.379 e. The molecule has 25 heavy (non-hydrogen) atoms. The van der Waals surface area contributed by atoms with Crippen molar-refractivity contribution in [1.82, 2.24) is 10.2 Å². The maximum Gasteiger partial charge on any atom is 0.239 e. The Morgan fingerprint density at radius 2 is 1.76 bits per heavy atom. The third-order valence-electron chi connectivity index (χ3n) is 4.74. The average Bonchev–Trinajstić information content (AvgIpc) is 2.60. The number of hydrogen-bond donors (Lipinski definition) is 1. The van der Waals surface area contributed by atoms with E-state index in [2.05, 4.69) is 35.0 Å². The van der Waals surface area contributed by atoms with E-state index in [1.54, 1.807) is 0 Å². The molecule has 0 saturated carbocycles. The van der Waals surface area contributed by atoms with E-state index in [0.717, 1.165) is 37.7 Å². The number of hydrogen-bond acceptors (Lipinski definition) is 5. The van der Waals surface area contributed by atoms with Gasteiger partial charge in [-0.3, -0.25) is 9.69 Å². The van der Waals surface area contributed by atoms with Gasteiger partial charge in [-0.15, -0.1) is 0 Å². The number of amides is 1. The zero-order chi connectivity index (χ0) is 18.4. The molecule has 0 aromatic heterocycles. The fourth-order valence-corrected chi connectivity index (χ4v) is 3.12. The molecule has 0 spiro atoms. The van der Waals surface area contributed by atoms with E-state index < -0.39 is 0 Å². The van der Waals surface area contributed by atoms with E-state index in [4.69, 9.17) is 4.74 Å². The van der Waals surface area contributed by atoms with Crippen molar-refractivity contribution in [3.05, 3.63) is 24.3 Å². The molecule has 1 aliphatic heterocycles. The predicted molar refractivity (Wildman–Crippen MR) is 104 cm³/mol. The van der Waals surface area contributed by atoms with E-state index in [0.29, 0.717) is 13.1 Å². The number of ether oxygens (including phenoxy) is 1. The van der Waals surface area contributed by atoms with Gasteiger partial charge in [-0.25, -0.2) is 0 Å². The van der Waals surface area contributed by atoms with Crippen LogP contribution in [0, 0.1) is 0 Å². The number of carbonyl (C=O) groups excluding carboxylic acids is 1. The summed E-state index contributed by atoms with van der Waals surface area (Å²) >= 11 is 0. The van der Waals surface area contributed by atoms with Crippen LogP contribution in [-0.2, 0) is 9.53 Å². The lowest BCUT2D eigenvalue weighted by Crippen LogP contribution is -2.56. The van der Waals surface area contributed by atoms with Gasteiger partial charge in [0.1, 0.15) is 0 Å². The van der Waals surface area contributed by atoms with Gasteiger partial charge in [0.05, 0.1) is 31.1 Å². The second-order valence-electron chi connectivity index (χ2n) is 7.43. The molecule has 0 atom stereocenters. The molecule has 140 valence electrons. The standard InChI is InChI=1S/C19H32N4O2/c1-19(2,23-10-12-25-13-11-23)15-20-18(24)14-22(5)17-9-7-6-8-16(17)21(3)4/h6-9H,10-15H2,1-5H3,(H,20,24). The largest absolute Gasteiger partial charge is 0.379 e. The third-order valence-corrected chi connectivity index (χ3v) is 4.74. The van der Waals surface area contributed by atoms with Crippen LogP contribution in [0.5, 0.6) is 0 Å². The molecular weight excluding hydrogens is 316 g/mol. The number of nitrogens with zero attached hydrogens (tertiary/aromatic N) is 3. The Kier molecular flexibility index (Phi) is 6.67. The summed E-state index contributed by atoms with van der Waals surface area (Å²) in [5.41, 5.74) is 2.08. The first-order valence-corrected chi connectivity index (χ1v) is 8.88. The van der Waals surface area contributed by atoms with E-state index in [9.17, 15) is 4.79 Å². The van der Waals surface area contributed by atoms with Crippen molar-refractivity contribution < 1.29 is 9.53 Å². The lowest BCUT2D eigenvalue weighted by Gasteiger charge is -2.41. The van der Waals surface area contributed by atoms with Crippen LogP contribution in [0.2, 0.25) is 0 Å². The number of likely N-dealkylation sites (N-methyl/N-ethyl adjacent to an activating group) is 1. The van der Waals surface area contributed by atoms with E-state index in [1.165, 1.54) is 0 Å². The van der Waals surface area contributed by atoms with Crippen LogP contribution in [0.15, 0.2) is 24.3 Å². The van der Waals surface area contributed by atoms with Crippen molar-refractivity contribution in [3.8, 4) is 0 Å². The highest BCUT2D eigenvalue weighted by atomic mass is 16.5. The Morgan fingerprint density at radius 3 is 2.36 bits per heavy atom. The molecule has 1 aromatic carbocycles. The van der Waals surface area contributed by atoms with Crippen LogP contribution in [0.25, 0.3) is 0 Å². The van der Waals surface area contributed by atoms with Gasteiger partial charge in [-0.1, -0.05) is 12.1 Å². The zero-order valence-electron chi connectivity index (χ0n) is 16.2. The van der Waals surface area contributed by atoms with Crippen molar-refractivity contribution in [2.24, 2.45) is 0 Å². The van der Waals surface area contributed by atoms with Crippen molar-refractivity contribution >= 4 is 17.3 Å². The van der Waals surface area contributed by atoms with Gasteiger partial charge in [0.15, 0.2) is 0 Å². The van der Waals surface area contributed by atoms with Crippen molar-refractivity contribution in [2.45, 2.75) is 19.4 Å². The van der Waals surface area contributed by atoms with Gasteiger partial charge in [-0.05, 0) is 26.0 Å². The Morgan fingerprint density at radius 1 is 1.16 bits per heavy atom. The van der Waals surface area contributed by atoms with E-state index in [1.807, 2.05) is 44.2 Å². The first-order valence-electron chi connectivity index (χ1n) is 8.88. The maximum absolute atomic E-state index is 12.4. The van der Waals surface area contributed by atoms with Crippen LogP contribution in [0.1, 0.15) is 13.8 Å². The van der Waals surface area contributed by atoms with Gasteiger partial charge in [0.2, 0.25) is 5.91 Å². The summed E-state index contributed by atoms with van der Waals surface area (Å²) in [6, 6.07) is 8.11. The zero-order valence-corrected chi connectivity index (χ0v) is 16.2. The smallest absolute Gasteiger partial charge is 0.239 e. The second-order valence-corrected chi connectivity index (χ2v) is 7.43. The molecule has 1 fully saturated rings. The number of benzene rings is 1. The molecule has 1 aliphatic rings. The minimum absolute atomic E-state index is 0.0393. The van der Waals surface area contributed by atoms with Gasteiger partial charge in [-0.2, -0.15) is 0 Å². The quantitative estimate of drug-likeness (QED) is 0.807. The Bertz CT molecular complexity index is 568. The van der Waals surface area contributed by atoms with Gasteiger partial charge in [0, 0.05) is 46.3 Å². The summed E-state index contributed by atoms with van der Waals surface area (Å²) in [5, 5.41) is 3.09. The molecular formula is C19H32N4O2. The summed E-state index contributed by atoms with van der Waals surface area (Å²) in [6.45, 7) is 8.67. The molecule has 0 unspecified atom stereocenters. The summed E-state index contributed by atoms with van der Waals surface area (Å²) in [6.07, 6.45) is 0. The number of rotatable bonds is 7. The number of nitrogens with one attached hydrogen (secondary N) is 1. The molecule has 1 amide bonds. The van der Waals surface area contributed by atoms with Gasteiger partial charge in [0.25, 0.3) is 0 Å². The fraction of sp³-hybridized carbons (Fsp3) is 0.632. The molecule has 1 heterocycles. The minimum atomic E-state index is -0.0699. The van der Waals surface area contributed by atoms with Crippen LogP contribution in [-0.4, -0.2) is 76.9 Å². The molecule has 0 aliphatic carbocycles. The van der Waals surface area contributed by atoms with Gasteiger partial charge >= 0.3 is 0 Å². The highest BCUT2D eigenvalue weighted by Gasteiger charge is 2.28. The number of morpholine rings is 1. The lowest BCUT2D eigenvalue weighted by atomic mass is 10.0. The second kappa shape index (κ2) is 8.54. The molecule has 2 rings (SSSR count). The normalized spacial score (nSPS) is 15.7. The molecule has 1 aromatic rings. The molecule has 1 saturated heterocycles. The molecule has 1 N–H and O–H groups in total. The van der Waals surface area contributed by atoms with Crippen molar-refractivity contribution in [1.29, 1.82) is 0 Å². The first-order chi connectivity index (χ1) is 11.8.